The molecule has 0 aliphatic carbocycles. The molecule has 2 rings (SSSR count). The van der Waals surface area contributed by atoms with Gasteiger partial charge in [0.25, 0.3) is 0 Å². The quantitative estimate of drug-likeness (QED) is 0.597. The number of ether oxygens (including phenoxy) is 1. The fraction of sp³-hybridized carbons (Fsp3) is 0.167. The van der Waals surface area contributed by atoms with Gasteiger partial charge in [-0.2, -0.15) is 5.10 Å². The van der Waals surface area contributed by atoms with Gasteiger partial charge in [0, 0.05) is 18.3 Å². The number of nitrogen functional groups attached to an aromatic ring is 1. The molecule has 0 spiro atoms. The third kappa shape index (κ3) is 3.00. The summed E-state index contributed by atoms with van der Waals surface area (Å²) in [7, 11) is 0. The molecule has 0 aromatic carbocycles. The Kier molecular flexibility index (Phi) is 3.80. The topological polar surface area (TPSA) is 97.8 Å². The molecular weight excluding hydrogens is 230 g/mol. The Bertz CT molecular complexity index is 529. The van der Waals surface area contributed by atoms with Gasteiger partial charge in [0.15, 0.2) is 0 Å². The molecule has 0 unspecified atom stereocenters. The van der Waals surface area contributed by atoms with Crippen molar-refractivity contribution in [1.29, 1.82) is 5.41 Å². The van der Waals surface area contributed by atoms with Gasteiger partial charge in [0.1, 0.15) is 5.84 Å². The SMILES string of the molecule is N=C(N)c1ccnnc1OCCc1ccccn1. The van der Waals surface area contributed by atoms with Crippen LogP contribution >= 0.6 is 0 Å². The number of pyridine rings is 1. The molecule has 6 nitrogen and oxygen atoms in total. The van der Waals surface area contributed by atoms with Crippen LogP contribution in [0.5, 0.6) is 5.88 Å². The largest absolute Gasteiger partial charge is 0.476 e. The van der Waals surface area contributed by atoms with E-state index in [-0.39, 0.29) is 11.7 Å². The van der Waals surface area contributed by atoms with Gasteiger partial charge in [-0.1, -0.05) is 6.07 Å². The van der Waals surface area contributed by atoms with Crippen molar-refractivity contribution in [2.75, 3.05) is 6.61 Å². The average molecular weight is 243 g/mol. The Balaban J connectivity index is 1.97. The van der Waals surface area contributed by atoms with Crippen molar-refractivity contribution in [2.24, 2.45) is 5.73 Å². The van der Waals surface area contributed by atoms with Crippen LogP contribution in [0.1, 0.15) is 11.3 Å². The maximum Gasteiger partial charge on any atom is 0.244 e. The summed E-state index contributed by atoms with van der Waals surface area (Å²) < 4.78 is 5.47. The zero-order valence-electron chi connectivity index (χ0n) is 9.71. The van der Waals surface area contributed by atoms with Crippen molar-refractivity contribution < 1.29 is 4.74 Å². The lowest BCUT2D eigenvalue weighted by atomic mass is 10.2. The maximum absolute atomic E-state index is 7.39. The highest BCUT2D eigenvalue weighted by molar-refractivity contribution is 5.96. The van der Waals surface area contributed by atoms with Gasteiger partial charge >= 0.3 is 0 Å². The lowest BCUT2D eigenvalue weighted by Gasteiger charge is -2.07. The predicted octanol–water partition coefficient (Wildman–Crippen LogP) is 0.777. The molecule has 0 fully saturated rings. The van der Waals surface area contributed by atoms with E-state index in [0.717, 1.165) is 5.69 Å². The van der Waals surface area contributed by atoms with Crippen molar-refractivity contribution in [2.45, 2.75) is 6.42 Å². The van der Waals surface area contributed by atoms with Crippen molar-refractivity contribution in [3.05, 3.63) is 47.9 Å². The monoisotopic (exact) mass is 243 g/mol. The Morgan fingerprint density at radius 1 is 1.28 bits per heavy atom. The molecule has 0 bridgehead atoms. The summed E-state index contributed by atoms with van der Waals surface area (Å²) >= 11 is 0. The van der Waals surface area contributed by atoms with E-state index >= 15 is 0 Å². The summed E-state index contributed by atoms with van der Waals surface area (Å²) in [4.78, 5) is 4.18. The van der Waals surface area contributed by atoms with Gasteiger partial charge in [-0.3, -0.25) is 10.4 Å². The zero-order valence-corrected chi connectivity index (χ0v) is 9.71. The second kappa shape index (κ2) is 5.72. The Hall–Kier alpha value is -2.50. The molecule has 92 valence electrons. The van der Waals surface area contributed by atoms with E-state index in [9.17, 15) is 0 Å². The lowest BCUT2D eigenvalue weighted by Crippen LogP contribution is -2.15. The first-order chi connectivity index (χ1) is 8.77. The van der Waals surface area contributed by atoms with E-state index in [1.165, 1.54) is 6.20 Å². The molecule has 2 aromatic rings. The molecule has 0 aliphatic rings. The van der Waals surface area contributed by atoms with Gasteiger partial charge in [0.2, 0.25) is 5.88 Å². The number of hydrogen-bond acceptors (Lipinski definition) is 5. The van der Waals surface area contributed by atoms with Gasteiger partial charge in [-0.25, -0.2) is 0 Å². The van der Waals surface area contributed by atoms with Crippen LogP contribution in [0, 0.1) is 5.41 Å². The van der Waals surface area contributed by atoms with Crippen LogP contribution in [0.25, 0.3) is 0 Å². The van der Waals surface area contributed by atoms with Gasteiger partial charge in [-0.15, -0.1) is 5.10 Å². The summed E-state index contributed by atoms with van der Waals surface area (Å²) in [6, 6.07) is 7.31. The normalized spacial score (nSPS) is 10.0. The molecule has 3 N–H and O–H groups in total. The van der Waals surface area contributed by atoms with Crippen LogP contribution in [0.4, 0.5) is 0 Å². The van der Waals surface area contributed by atoms with Crippen molar-refractivity contribution in [3.8, 4) is 5.88 Å². The van der Waals surface area contributed by atoms with Crippen LogP contribution < -0.4 is 10.5 Å². The smallest absolute Gasteiger partial charge is 0.244 e. The second-order valence-corrected chi connectivity index (χ2v) is 3.58. The Morgan fingerprint density at radius 3 is 2.89 bits per heavy atom. The minimum absolute atomic E-state index is 0.0854. The zero-order chi connectivity index (χ0) is 12.8. The standard InChI is InChI=1S/C12H13N5O/c13-11(14)10-4-7-16-17-12(10)18-8-5-9-3-1-2-6-15-9/h1-4,6-7H,5,8H2,(H3,13,14). The number of nitrogens with zero attached hydrogens (tertiary/aromatic N) is 3. The molecule has 0 atom stereocenters. The summed E-state index contributed by atoms with van der Waals surface area (Å²) in [6.45, 7) is 0.413. The van der Waals surface area contributed by atoms with E-state index in [1.54, 1.807) is 12.3 Å². The first kappa shape index (κ1) is 12.0. The third-order valence-electron chi connectivity index (χ3n) is 2.30. The predicted molar refractivity (Wildman–Crippen MR) is 66.5 cm³/mol. The molecule has 2 aromatic heterocycles. The molecular formula is C12H13N5O. The number of hydrogen-bond donors (Lipinski definition) is 2. The highest BCUT2D eigenvalue weighted by Gasteiger charge is 2.08. The van der Waals surface area contributed by atoms with Gasteiger partial charge < -0.3 is 10.5 Å². The van der Waals surface area contributed by atoms with E-state index in [1.807, 2.05) is 18.2 Å². The minimum atomic E-state index is -0.0854. The van der Waals surface area contributed by atoms with Crippen molar-refractivity contribution in [1.82, 2.24) is 15.2 Å². The highest BCUT2D eigenvalue weighted by atomic mass is 16.5. The van der Waals surface area contributed by atoms with Crippen LogP contribution in [0.2, 0.25) is 0 Å². The lowest BCUT2D eigenvalue weighted by molar-refractivity contribution is 0.304. The molecule has 6 heteroatoms. The minimum Gasteiger partial charge on any atom is -0.476 e. The first-order valence-corrected chi connectivity index (χ1v) is 5.46. The summed E-state index contributed by atoms with van der Waals surface area (Å²) in [5.41, 5.74) is 6.81. The fourth-order valence-electron chi connectivity index (χ4n) is 1.43. The van der Waals surface area contributed by atoms with E-state index in [2.05, 4.69) is 15.2 Å². The molecule has 0 amide bonds. The Labute approximate surface area is 104 Å². The molecule has 0 saturated carbocycles. The Morgan fingerprint density at radius 2 is 2.17 bits per heavy atom. The number of nitrogens with two attached hydrogens (primary N) is 1. The molecule has 0 saturated heterocycles. The average Bonchev–Trinajstić information content (AvgIpc) is 2.40. The third-order valence-corrected chi connectivity index (χ3v) is 2.30. The molecule has 0 aliphatic heterocycles. The van der Waals surface area contributed by atoms with E-state index in [4.69, 9.17) is 15.9 Å². The van der Waals surface area contributed by atoms with Crippen LogP contribution in [0.15, 0.2) is 36.7 Å². The van der Waals surface area contributed by atoms with Crippen molar-refractivity contribution in [3.63, 3.8) is 0 Å². The van der Waals surface area contributed by atoms with Gasteiger partial charge in [0.05, 0.1) is 18.4 Å². The van der Waals surface area contributed by atoms with Crippen LogP contribution in [-0.4, -0.2) is 27.6 Å². The van der Waals surface area contributed by atoms with E-state index in [0.29, 0.717) is 18.6 Å². The number of aromatic nitrogens is 3. The summed E-state index contributed by atoms with van der Waals surface area (Å²) in [5.74, 6) is 0.193. The van der Waals surface area contributed by atoms with Crippen LogP contribution in [-0.2, 0) is 6.42 Å². The van der Waals surface area contributed by atoms with E-state index < -0.39 is 0 Å². The summed E-state index contributed by atoms with van der Waals surface area (Å²) in [6.07, 6.45) is 3.87. The van der Waals surface area contributed by atoms with Crippen LogP contribution in [0.3, 0.4) is 0 Å². The second-order valence-electron chi connectivity index (χ2n) is 3.58. The first-order valence-electron chi connectivity index (χ1n) is 5.46. The van der Waals surface area contributed by atoms with Gasteiger partial charge in [-0.05, 0) is 18.2 Å². The fourth-order valence-corrected chi connectivity index (χ4v) is 1.43. The molecule has 18 heavy (non-hydrogen) atoms. The van der Waals surface area contributed by atoms with Crippen molar-refractivity contribution >= 4 is 5.84 Å². The number of rotatable bonds is 5. The highest BCUT2D eigenvalue weighted by Crippen LogP contribution is 2.12. The maximum atomic E-state index is 7.39. The number of nitrogens with one attached hydrogen (secondary N) is 1. The number of amidine groups is 1. The summed E-state index contributed by atoms with van der Waals surface area (Å²) in [5, 5.41) is 14.9. The molecule has 2 heterocycles. The molecule has 0 radical (unpaired) electrons.